The molecule has 0 radical (unpaired) electrons. The minimum atomic E-state index is -0.0603. The van der Waals surface area contributed by atoms with E-state index in [1.165, 1.54) is 43.2 Å². The average molecular weight is 433 g/mol. The highest BCUT2D eigenvalue weighted by atomic mass is 16.2. The number of rotatable bonds is 7. The first-order chi connectivity index (χ1) is 15.8. The molecule has 1 aromatic heterocycles. The molecule has 1 aromatic carbocycles. The Kier molecular flexibility index (Phi) is 6.84. The summed E-state index contributed by atoms with van der Waals surface area (Å²) in [6.45, 7) is 2.62. The fourth-order valence-corrected chi connectivity index (χ4v) is 5.97. The summed E-state index contributed by atoms with van der Waals surface area (Å²) in [4.78, 5) is 20.0. The summed E-state index contributed by atoms with van der Waals surface area (Å²) in [6.07, 6.45) is 13.5. The van der Waals surface area contributed by atoms with E-state index in [1.807, 2.05) is 18.3 Å². The van der Waals surface area contributed by atoms with Crippen molar-refractivity contribution >= 4 is 5.91 Å². The molecule has 1 saturated heterocycles. The van der Waals surface area contributed by atoms with Crippen molar-refractivity contribution in [3.05, 3.63) is 65.5 Å². The van der Waals surface area contributed by atoms with Crippen LogP contribution in [-0.4, -0.2) is 47.0 Å². The SMILES string of the molecule is O=C(NCc1cccnc1)[C@@H]1C[C@H](NCC2CCCCC2)CN1C1Cc2ccccc2C1. The van der Waals surface area contributed by atoms with Gasteiger partial charge in [0.25, 0.3) is 0 Å². The fraction of sp³-hybridized carbons (Fsp3) is 0.556. The standard InChI is InChI=1S/C27H36N4O/c32-27(30-18-21-9-6-12-28-16-21)26-15-24(29-17-20-7-2-1-3-8-20)19-31(26)25-13-22-10-4-5-11-23(22)14-25/h4-6,9-12,16,20,24-26,29H,1-3,7-8,13-15,17-19H2,(H,30,32)/t24-,26-/m0/s1. The van der Waals surface area contributed by atoms with Gasteiger partial charge in [0.15, 0.2) is 0 Å². The molecule has 3 aliphatic rings. The number of hydrogen-bond acceptors (Lipinski definition) is 4. The van der Waals surface area contributed by atoms with Gasteiger partial charge in [0.1, 0.15) is 0 Å². The van der Waals surface area contributed by atoms with Gasteiger partial charge < -0.3 is 10.6 Å². The third-order valence-electron chi connectivity index (χ3n) is 7.75. The lowest BCUT2D eigenvalue weighted by Crippen LogP contribution is -2.48. The maximum absolute atomic E-state index is 13.3. The van der Waals surface area contributed by atoms with Gasteiger partial charge in [-0.15, -0.1) is 0 Å². The number of pyridine rings is 1. The normalized spacial score (nSPS) is 24.5. The quantitative estimate of drug-likeness (QED) is 0.703. The highest BCUT2D eigenvalue weighted by Gasteiger charge is 2.42. The summed E-state index contributed by atoms with van der Waals surface area (Å²) in [7, 11) is 0. The Bertz CT molecular complexity index is 871. The molecule has 1 saturated carbocycles. The summed E-state index contributed by atoms with van der Waals surface area (Å²) >= 11 is 0. The Morgan fingerprint density at radius 1 is 1.03 bits per heavy atom. The first kappa shape index (κ1) is 21.6. The van der Waals surface area contributed by atoms with Gasteiger partial charge in [-0.05, 0) is 67.3 Å². The molecule has 0 unspecified atom stereocenters. The number of fused-ring (bicyclic) bond motifs is 1. The van der Waals surface area contributed by atoms with E-state index in [9.17, 15) is 4.79 Å². The van der Waals surface area contributed by atoms with Crippen LogP contribution in [0.5, 0.6) is 0 Å². The number of nitrogens with one attached hydrogen (secondary N) is 2. The van der Waals surface area contributed by atoms with Crippen LogP contribution in [0, 0.1) is 5.92 Å². The minimum absolute atomic E-state index is 0.0603. The number of benzene rings is 1. The molecule has 2 N–H and O–H groups in total. The first-order valence-corrected chi connectivity index (χ1v) is 12.5. The molecule has 170 valence electrons. The summed E-state index contributed by atoms with van der Waals surface area (Å²) in [5, 5.41) is 7.05. The molecule has 0 spiro atoms. The molecule has 1 aliphatic heterocycles. The van der Waals surface area contributed by atoms with Crippen molar-refractivity contribution in [1.82, 2.24) is 20.5 Å². The van der Waals surface area contributed by atoms with Gasteiger partial charge in [-0.25, -0.2) is 0 Å². The zero-order chi connectivity index (χ0) is 21.8. The van der Waals surface area contributed by atoms with Crippen LogP contribution < -0.4 is 10.6 Å². The maximum atomic E-state index is 13.3. The topological polar surface area (TPSA) is 57.3 Å². The number of likely N-dealkylation sites (tertiary alicyclic amines) is 1. The molecule has 5 nitrogen and oxygen atoms in total. The zero-order valence-electron chi connectivity index (χ0n) is 19.0. The zero-order valence-corrected chi connectivity index (χ0v) is 19.0. The van der Waals surface area contributed by atoms with E-state index in [-0.39, 0.29) is 11.9 Å². The molecular formula is C27H36N4O. The van der Waals surface area contributed by atoms with Crippen molar-refractivity contribution < 1.29 is 4.79 Å². The molecular weight excluding hydrogens is 396 g/mol. The number of aromatic nitrogens is 1. The van der Waals surface area contributed by atoms with Crippen LogP contribution in [0.15, 0.2) is 48.8 Å². The Balaban J connectivity index is 1.24. The van der Waals surface area contributed by atoms with E-state index < -0.39 is 0 Å². The smallest absolute Gasteiger partial charge is 0.237 e. The van der Waals surface area contributed by atoms with Gasteiger partial charge in [0.2, 0.25) is 5.91 Å². The Hall–Kier alpha value is -2.24. The molecule has 2 aliphatic carbocycles. The van der Waals surface area contributed by atoms with Crippen molar-refractivity contribution in [3.63, 3.8) is 0 Å². The second kappa shape index (κ2) is 10.1. The van der Waals surface area contributed by atoms with Crippen molar-refractivity contribution in [1.29, 1.82) is 0 Å². The van der Waals surface area contributed by atoms with E-state index >= 15 is 0 Å². The first-order valence-electron chi connectivity index (χ1n) is 12.5. The molecule has 0 bridgehead atoms. The molecule has 1 amide bonds. The van der Waals surface area contributed by atoms with Gasteiger partial charge in [-0.3, -0.25) is 14.7 Å². The summed E-state index contributed by atoms with van der Waals surface area (Å²) in [5.41, 5.74) is 3.95. The Morgan fingerprint density at radius 2 is 1.81 bits per heavy atom. The number of carbonyl (C=O) groups excluding carboxylic acids is 1. The molecule has 5 heteroatoms. The summed E-state index contributed by atoms with van der Waals surface area (Å²) < 4.78 is 0. The van der Waals surface area contributed by atoms with Gasteiger partial charge >= 0.3 is 0 Å². The third kappa shape index (κ3) is 5.05. The molecule has 2 aromatic rings. The van der Waals surface area contributed by atoms with Crippen LogP contribution in [0.4, 0.5) is 0 Å². The van der Waals surface area contributed by atoms with E-state index in [2.05, 4.69) is 44.8 Å². The Morgan fingerprint density at radius 3 is 2.53 bits per heavy atom. The lowest BCUT2D eigenvalue weighted by molar-refractivity contribution is -0.126. The number of carbonyl (C=O) groups is 1. The van der Waals surface area contributed by atoms with Crippen molar-refractivity contribution in [2.75, 3.05) is 13.1 Å². The van der Waals surface area contributed by atoms with E-state index in [4.69, 9.17) is 0 Å². The van der Waals surface area contributed by atoms with Gasteiger partial charge in [-0.2, -0.15) is 0 Å². The summed E-state index contributed by atoms with van der Waals surface area (Å²) in [6, 6.07) is 13.5. The predicted octanol–water partition coefficient (Wildman–Crippen LogP) is 3.48. The minimum Gasteiger partial charge on any atom is -0.351 e. The van der Waals surface area contributed by atoms with Gasteiger partial charge in [0, 0.05) is 37.6 Å². The molecule has 2 fully saturated rings. The molecule has 2 atom stereocenters. The lowest BCUT2D eigenvalue weighted by atomic mass is 9.89. The van der Waals surface area contributed by atoms with Gasteiger partial charge in [0.05, 0.1) is 6.04 Å². The fourth-order valence-electron chi connectivity index (χ4n) is 5.97. The van der Waals surface area contributed by atoms with Crippen LogP contribution in [0.2, 0.25) is 0 Å². The largest absolute Gasteiger partial charge is 0.351 e. The van der Waals surface area contributed by atoms with Crippen LogP contribution in [0.3, 0.4) is 0 Å². The predicted molar refractivity (Wildman–Crippen MR) is 127 cm³/mol. The lowest BCUT2D eigenvalue weighted by Gasteiger charge is -2.29. The Labute approximate surface area is 192 Å². The van der Waals surface area contributed by atoms with Crippen molar-refractivity contribution in [2.24, 2.45) is 5.92 Å². The van der Waals surface area contributed by atoms with Gasteiger partial charge in [-0.1, -0.05) is 49.6 Å². The van der Waals surface area contributed by atoms with Crippen LogP contribution in [0.1, 0.15) is 55.2 Å². The van der Waals surface area contributed by atoms with E-state index in [1.54, 1.807) is 6.20 Å². The molecule has 5 rings (SSSR count). The van der Waals surface area contributed by atoms with Crippen LogP contribution in [-0.2, 0) is 24.2 Å². The van der Waals surface area contributed by atoms with E-state index in [0.717, 1.165) is 43.8 Å². The highest BCUT2D eigenvalue weighted by molar-refractivity contribution is 5.82. The van der Waals surface area contributed by atoms with Crippen LogP contribution in [0.25, 0.3) is 0 Å². The highest BCUT2D eigenvalue weighted by Crippen LogP contribution is 2.31. The van der Waals surface area contributed by atoms with E-state index in [0.29, 0.717) is 18.6 Å². The second-order valence-corrected chi connectivity index (χ2v) is 9.97. The second-order valence-electron chi connectivity index (χ2n) is 9.97. The number of nitrogens with zero attached hydrogens (tertiary/aromatic N) is 2. The number of amides is 1. The summed E-state index contributed by atoms with van der Waals surface area (Å²) in [5.74, 6) is 0.971. The molecule has 2 heterocycles. The average Bonchev–Trinajstić information content (AvgIpc) is 3.47. The maximum Gasteiger partial charge on any atom is 0.237 e. The van der Waals surface area contributed by atoms with Crippen molar-refractivity contribution in [2.45, 2.75) is 76.0 Å². The monoisotopic (exact) mass is 432 g/mol. The number of hydrogen-bond donors (Lipinski definition) is 2. The molecule has 32 heavy (non-hydrogen) atoms. The van der Waals surface area contributed by atoms with Crippen molar-refractivity contribution in [3.8, 4) is 0 Å². The third-order valence-corrected chi connectivity index (χ3v) is 7.75. The van der Waals surface area contributed by atoms with Crippen LogP contribution >= 0.6 is 0 Å².